The SMILES string of the molecule is COc1cc(NS(=O)(=O)C(C)CN)c(Br)cc1Br. The fraction of sp³-hybridized carbons (Fsp3) is 0.400. The minimum absolute atomic E-state index is 0.0562. The van der Waals surface area contributed by atoms with Gasteiger partial charge in [-0.2, -0.15) is 0 Å². The Hall–Kier alpha value is -0.310. The van der Waals surface area contributed by atoms with E-state index in [4.69, 9.17) is 10.5 Å². The van der Waals surface area contributed by atoms with Crippen LogP contribution in [0.25, 0.3) is 0 Å². The molecule has 0 saturated heterocycles. The summed E-state index contributed by atoms with van der Waals surface area (Å²) in [6.07, 6.45) is 0. The first-order chi connectivity index (χ1) is 8.31. The average molecular weight is 402 g/mol. The van der Waals surface area contributed by atoms with E-state index in [9.17, 15) is 8.42 Å². The molecule has 0 fully saturated rings. The second-order valence-corrected chi connectivity index (χ2v) is 7.47. The van der Waals surface area contributed by atoms with E-state index < -0.39 is 15.3 Å². The molecular formula is C10H14Br2N2O3S. The Bertz CT molecular complexity index is 534. The highest BCUT2D eigenvalue weighted by Crippen LogP contribution is 2.35. The van der Waals surface area contributed by atoms with Gasteiger partial charge in [0.2, 0.25) is 10.0 Å². The second-order valence-electron chi connectivity index (χ2n) is 3.66. The highest BCUT2D eigenvalue weighted by Gasteiger charge is 2.20. The molecule has 0 saturated carbocycles. The van der Waals surface area contributed by atoms with Crippen LogP contribution in [0.5, 0.6) is 5.75 Å². The van der Waals surface area contributed by atoms with Gasteiger partial charge < -0.3 is 10.5 Å². The Morgan fingerprint density at radius 2 is 2.00 bits per heavy atom. The number of nitrogens with two attached hydrogens (primary N) is 1. The molecule has 5 nitrogen and oxygen atoms in total. The Morgan fingerprint density at radius 1 is 1.39 bits per heavy atom. The maximum Gasteiger partial charge on any atom is 0.236 e. The van der Waals surface area contributed by atoms with Crippen molar-refractivity contribution in [2.45, 2.75) is 12.2 Å². The average Bonchev–Trinajstić information content (AvgIpc) is 2.31. The van der Waals surface area contributed by atoms with Crippen molar-refractivity contribution < 1.29 is 13.2 Å². The van der Waals surface area contributed by atoms with Crippen LogP contribution in [-0.4, -0.2) is 27.3 Å². The Kier molecular flexibility index (Phi) is 5.45. The fourth-order valence-corrected chi connectivity index (χ4v) is 3.46. The Morgan fingerprint density at radius 3 is 2.50 bits per heavy atom. The molecule has 102 valence electrons. The molecule has 0 radical (unpaired) electrons. The molecule has 1 aromatic rings. The molecule has 1 aromatic carbocycles. The number of nitrogens with one attached hydrogen (secondary N) is 1. The van der Waals surface area contributed by atoms with Gasteiger partial charge in [-0.05, 0) is 44.8 Å². The van der Waals surface area contributed by atoms with Gasteiger partial charge in [0.15, 0.2) is 0 Å². The van der Waals surface area contributed by atoms with E-state index in [0.29, 0.717) is 15.9 Å². The number of hydrogen-bond acceptors (Lipinski definition) is 4. The van der Waals surface area contributed by atoms with E-state index in [1.807, 2.05) is 0 Å². The molecule has 18 heavy (non-hydrogen) atoms. The van der Waals surface area contributed by atoms with Gasteiger partial charge >= 0.3 is 0 Å². The van der Waals surface area contributed by atoms with Gasteiger partial charge in [-0.1, -0.05) is 0 Å². The fourth-order valence-electron chi connectivity index (χ4n) is 1.14. The van der Waals surface area contributed by atoms with Crippen molar-refractivity contribution in [1.82, 2.24) is 0 Å². The molecule has 0 bridgehead atoms. The highest BCUT2D eigenvalue weighted by molar-refractivity contribution is 9.11. The Labute approximate surface area is 123 Å². The van der Waals surface area contributed by atoms with Crippen LogP contribution in [0.2, 0.25) is 0 Å². The predicted octanol–water partition coefficient (Wildman–Crippen LogP) is 2.31. The molecule has 0 aromatic heterocycles. The number of halogens is 2. The first-order valence-electron chi connectivity index (χ1n) is 5.06. The zero-order valence-electron chi connectivity index (χ0n) is 9.91. The summed E-state index contributed by atoms with van der Waals surface area (Å²) < 4.78 is 32.7. The third kappa shape index (κ3) is 3.59. The third-order valence-electron chi connectivity index (χ3n) is 2.36. The molecule has 0 aliphatic heterocycles. The summed E-state index contributed by atoms with van der Waals surface area (Å²) in [5.41, 5.74) is 5.78. The number of ether oxygens (including phenoxy) is 1. The number of anilines is 1. The van der Waals surface area contributed by atoms with E-state index in [1.54, 1.807) is 19.1 Å². The van der Waals surface area contributed by atoms with E-state index in [2.05, 4.69) is 36.6 Å². The Balaban J connectivity index is 3.12. The van der Waals surface area contributed by atoms with Gasteiger partial charge in [-0.3, -0.25) is 4.72 Å². The molecule has 3 N–H and O–H groups in total. The van der Waals surface area contributed by atoms with Crippen molar-refractivity contribution in [1.29, 1.82) is 0 Å². The molecule has 0 spiro atoms. The smallest absolute Gasteiger partial charge is 0.236 e. The van der Waals surface area contributed by atoms with Gasteiger partial charge in [0.05, 0.1) is 22.5 Å². The lowest BCUT2D eigenvalue weighted by molar-refractivity contribution is 0.412. The normalized spacial score (nSPS) is 13.2. The van der Waals surface area contributed by atoms with E-state index in [0.717, 1.165) is 4.47 Å². The quantitative estimate of drug-likeness (QED) is 0.793. The molecule has 0 aliphatic rings. The lowest BCUT2D eigenvalue weighted by atomic mass is 10.3. The molecule has 8 heteroatoms. The maximum atomic E-state index is 11.9. The highest BCUT2D eigenvalue weighted by atomic mass is 79.9. The van der Waals surface area contributed by atoms with Crippen LogP contribution >= 0.6 is 31.9 Å². The number of benzene rings is 1. The van der Waals surface area contributed by atoms with Crippen molar-refractivity contribution in [2.24, 2.45) is 5.73 Å². The van der Waals surface area contributed by atoms with Crippen LogP contribution in [0.3, 0.4) is 0 Å². The third-order valence-corrected chi connectivity index (χ3v) is 5.39. The van der Waals surface area contributed by atoms with Gasteiger partial charge in [0.1, 0.15) is 5.75 Å². The summed E-state index contributed by atoms with van der Waals surface area (Å²) in [6, 6.07) is 3.30. The number of hydrogen-bond donors (Lipinski definition) is 2. The number of rotatable bonds is 5. The molecule has 0 aliphatic carbocycles. The number of methoxy groups -OCH3 is 1. The zero-order chi connectivity index (χ0) is 13.9. The first-order valence-corrected chi connectivity index (χ1v) is 8.19. The predicted molar refractivity (Wildman–Crippen MR) is 79.5 cm³/mol. The molecule has 0 amide bonds. The molecule has 1 rings (SSSR count). The van der Waals surface area contributed by atoms with Crippen molar-refractivity contribution in [2.75, 3.05) is 18.4 Å². The van der Waals surface area contributed by atoms with Crippen molar-refractivity contribution >= 4 is 47.6 Å². The monoisotopic (exact) mass is 400 g/mol. The van der Waals surface area contributed by atoms with E-state index in [-0.39, 0.29) is 6.54 Å². The summed E-state index contributed by atoms with van der Waals surface area (Å²) in [6.45, 7) is 1.60. The minimum atomic E-state index is -3.50. The van der Waals surface area contributed by atoms with Crippen molar-refractivity contribution in [3.8, 4) is 5.75 Å². The van der Waals surface area contributed by atoms with Crippen LogP contribution in [-0.2, 0) is 10.0 Å². The van der Waals surface area contributed by atoms with E-state index in [1.165, 1.54) is 7.11 Å². The zero-order valence-corrected chi connectivity index (χ0v) is 13.9. The van der Waals surface area contributed by atoms with Gasteiger partial charge in [-0.15, -0.1) is 0 Å². The van der Waals surface area contributed by atoms with Crippen LogP contribution in [0.15, 0.2) is 21.1 Å². The summed E-state index contributed by atoms with van der Waals surface area (Å²) >= 11 is 6.60. The lowest BCUT2D eigenvalue weighted by Gasteiger charge is -2.15. The summed E-state index contributed by atoms with van der Waals surface area (Å²) in [5, 5.41) is -0.668. The van der Waals surface area contributed by atoms with Crippen LogP contribution < -0.4 is 15.2 Å². The summed E-state index contributed by atoms with van der Waals surface area (Å²) in [7, 11) is -1.99. The van der Waals surface area contributed by atoms with Gasteiger partial charge in [-0.25, -0.2) is 8.42 Å². The van der Waals surface area contributed by atoms with Gasteiger partial charge in [0, 0.05) is 17.1 Å². The standard InChI is InChI=1S/C10H14Br2N2O3S/c1-6(5-13)18(15,16)14-9-4-10(17-2)8(12)3-7(9)11/h3-4,6,14H,5,13H2,1-2H3. The minimum Gasteiger partial charge on any atom is -0.495 e. The van der Waals surface area contributed by atoms with Crippen molar-refractivity contribution in [3.05, 3.63) is 21.1 Å². The topological polar surface area (TPSA) is 81.4 Å². The lowest BCUT2D eigenvalue weighted by Crippen LogP contribution is -2.31. The molecule has 0 heterocycles. The van der Waals surface area contributed by atoms with E-state index >= 15 is 0 Å². The van der Waals surface area contributed by atoms with Crippen LogP contribution in [0.1, 0.15) is 6.92 Å². The summed E-state index contributed by atoms with van der Waals surface area (Å²) in [5.74, 6) is 0.538. The summed E-state index contributed by atoms with van der Waals surface area (Å²) in [4.78, 5) is 0. The molecule has 1 unspecified atom stereocenters. The van der Waals surface area contributed by atoms with Crippen LogP contribution in [0, 0.1) is 0 Å². The molecular weight excluding hydrogens is 388 g/mol. The number of sulfonamides is 1. The van der Waals surface area contributed by atoms with Crippen LogP contribution in [0.4, 0.5) is 5.69 Å². The van der Waals surface area contributed by atoms with Gasteiger partial charge in [0.25, 0.3) is 0 Å². The first kappa shape index (κ1) is 15.7. The second kappa shape index (κ2) is 6.23. The molecule has 1 atom stereocenters. The largest absolute Gasteiger partial charge is 0.495 e. The van der Waals surface area contributed by atoms with Crippen molar-refractivity contribution in [3.63, 3.8) is 0 Å². The maximum absolute atomic E-state index is 11.9.